The number of carbonyl (C=O) groups is 1. The standard InChI is InChI=1S/C22H23N3O2/c26-22(9-10-25-11-13-27-14-12-25)17-5-7-19(8-6-17)23-15-18-16-24-21-4-2-1-3-20(18)21/h1-8,15-16,24H,9-14H2. The number of morpholine rings is 1. The van der Waals surface area contributed by atoms with E-state index in [9.17, 15) is 4.79 Å². The van der Waals surface area contributed by atoms with E-state index in [0.717, 1.165) is 60.6 Å². The molecular formula is C22H23N3O2. The zero-order valence-electron chi connectivity index (χ0n) is 15.2. The Bertz CT molecular complexity index is 938. The third kappa shape index (κ3) is 4.32. The summed E-state index contributed by atoms with van der Waals surface area (Å²) in [5.74, 6) is 0.175. The third-order valence-corrected chi connectivity index (χ3v) is 4.92. The number of nitrogens with one attached hydrogen (secondary N) is 1. The smallest absolute Gasteiger partial charge is 0.164 e. The Morgan fingerprint density at radius 2 is 1.89 bits per heavy atom. The number of aliphatic imine (C=N–C) groups is 1. The summed E-state index contributed by atoms with van der Waals surface area (Å²) in [6.45, 7) is 4.14. The lowest BCUT2D eigenvalue weighted by Crippen LogP contribution is -2.37. The van der Waals surface area contributed by atoms with Gasteiger partial charge in [-0.05, 0) is 30.3 Å². The predicted octanol–water partition coefficient (Wildman–Crippen LogP) is 3.82. The van der Waals surface area contributed by atoms with Crippen molar-refractivity contribution in [2.24, 2.45) is 4.99 Å². The summed E-state index contributed by atoms with van der Waals surface area (Å²) in [4.78, 5) is 22.5. The number of carbonyl (C=O) groups excluding carboxylic acids is 1. The van der Waals surface area contributed by atoms with E-state index in [-0.39, 0.29) is 5.78 Å². The van der Waals surface area contributed by atoms with E-state index in [1.54, 1.807) is 0 Å². The SMILES string of the molecule is O=C(CCN1CCOCC1)c1ccc(N=Cc2c[nH]c3ccccc23)cc1. The molecule has 0 atom stereocenters. The zero-order chi connectivity index (χ0) is 18.5. The van der Waals surface area contributed by atoms with E-state index in [1.807, 2.05) is 54.9 Å². The molecule has 0 spiro atoms. The predicted molar refractivity (Wildman–Crippen MR) is 108 cm³/mol. The van der Waals surface area contributed by atoms with Crippen LogP contribution in [0.3, 0.4) is 0 Å². The molecule has 2 heterocycles. The van der Waals surface area contributed by atoms with Crippen molar-refractivity contribution in [3.05, 3.63) is 65.9 Å². The van der Waals surface area contributed by atoms with Gasteiger partial charge in [-0.25, -0.2) is 0 Å². The Morgan fingerprint density at radius 3 is 2.70 bits per heavy atom. The number of benzene rings is 2. The lowest BCUT2D eigenvalue weighted by Gasteiger charge is -2.26. The monoisotopic (exact) mass is 361 g/mol. The van der Waals surface area contributed by atoms with Crippen LogP contribution in [0.15, 0.2) is 59.7 Å². The van der Waals surface area contributed by atoms with Crippen molar-refractivity contribution in [1.82, 2.24) is 9.88 Å². The van der Waals surface area contributed by atoms with Crippen molar-refractivity contribution < 1.29 is 9.53 Å². The van der Waals surface area contributed by atoms with E-state index >= 15 is 0 Å². The van der Waals surface area contributed by atoms with E-state index in [1.165, 1.54) is 0 Å². The largest absolute Gasteiger partial charge is 0.379 e. The molecule has 1 aliphatic heterocycles. The number of rotatable bonds is 6. The van der Waals surface area contributed by atoms with Crippen molar-refractivity contribution in [2.45, 2.75) is 6.42 Å². The second kappa shape index (κ2) is 8.29. The van der Waals surface area contributed by atoms with Crippen LogP contribution in [0.1, 0.15) is 22.3 Å². The van der Waals surface area contributed by atoms with Crippen molar-refractivity contribution in [1.29, 1.82) is 0 Å². The summed E-state index contributed by atoms with van der Waals surface area (Å²) >= 11 is 0. The van der Waals surface area contributed by atoms with E-state index in [4.69, 9.17) is 4.74 Å². The summed E-state index contributed by atoms with van der Waals surface area (Å²) in [6.07, 6.45) is 4.35. The number of Topliss-reactive ketones (excluding diaryl/α,β-unsaturated/α-hetero) is 1. The highest BCUT2D eigenvalue weighted by molar-refractivity contribution is 6.00. The first-order valence-electron chi connectivity index (χ1n) is 9.33. The number of H-pyrrole nitrogens is 1. The van der Waals surface area contributed by atoms with Gasteiger partial charge in [-0.15, -0.1) is 0 Å². The molecule has 1 aromatic heterocycles. The third-order valence-electron chi connectivity index (χ3n) is 4.92. The molecule has 0 radical (unpaired) electrons. The summed E-state index contributed by atoms with van der Waals surface area (Å²) in [6, 6.07) is 15.7. The maximum absolute atomic E-state index is 12.4. The number of fused-ring (bicyclic) bond motifs is 1. The van der Waals surface area contributed by atoms with Gasteiger partial charge in [0.15, 0.2) is 5.78 Å². The molecule has 1 saturated heterocycles. The highest BCUT2D eigenvalue weighted by atomic mass is 16.5. The fraction of sp³-hybridized carbons (Fsp3) is 0.273. The molecule has 0 bridgehead atoms. The van der Waals surface area contributed by atoms with E-state index in [2.05, 4.69) is 20.9 Å². The van der Waals surface area contributed by atoms with Gasteiger partial charge in [0.25, 0.3) is 0 Å². The number of ether oxygens (including phenoxy) is 1. The lowest BCUT2D eigenvalue weighted by molar-refractivity contribution is 0.0370. The number of ketones is 1. The van der Waals surface area contributed by atoms with Crippen molar-refractivity contribution >= 4 is 28.6 Å². The van der Waals surface area contributed by atoms with Gasteiger partial charge in [0.05, 0.1) is 18.9 Å². The molecule has 5 nitrogen and oxygen atoms in total. The van der Waals surface area contributed by atoms with Crippen LogP contribution in [0.2, 0.25) is 0 Å². The van der Waals surface area contributed by atoms with E-state index < -0.39 is 0 Å². The highest BCUT2D eigenvalue weighted by Crippen LogP contribution is 2.18. The van der Waals surface area contributed by atoms with Crippen LogP contribution in [-0.2, 0) is 4.74 Å². The minimum absolute atomic E-state index is 0.175. The van der Waals surface area contributed by atoms with Gasteiger partial charge in [0, 0.05) is 60.5 Å². The van der Waals surface area contributed by atoms with Crippen LogP contribution >= 0.6 is 0 Å². The average Bonchev–Trinajstić information content (AvgIpc) is 3.15. The van der Waals surface area contributed by atoms with Crippen LogP contribution in [0, 0.1) is 0 Å². The summed E-state index contributed by atoms with van der Waals surface area (Å²) in [7, 11) is 0. The molecule has 1 N–H and O–H groups in total. The molecule has 5 heteroatoms. The minimum atomic E-state index is 0.175. The Labute approximate surface area is 158 Å². The van der Waals surface area contributed by atoms with Gasteiger partial charge in [-0.1, -0.05) is 18.2 Å². The molecule has 3 aromatic rings. The Balaban J connectivity index is 1.37. The molecular weight excluding hydrogens is 338 g/mol. The van der Waals surface area contributed by atoms with E-state index in [0.29, 0.717) is 6.42 Å². The molecule has 0 unspecified atom stereocenters. The summed E-state index contributed by atoms with van der Waals surface area (Å²) in [5, 5.41) is 1.15. The highest BCUT2D eigenvalue weighted by Gasteiger charge is 2.13. The second-order valence-electron chi connectivity index (χ2n) is 6.72. The van der Waals surface area contributed by atoms with Gasteiger partial charge < -0.3 is 9.72 Å². The van der Waals surface area contributed by atoms with Gasteiger partial charge in [-0.3, -0.25) is 14.7 Å². The van der Waals surface area contributed by atoms with Crippen LogP contribution in [0.4, 0.5) is 5.69 Å². The minimum Gasteiger partial charge on any atom is -0.379 e. The topological polar surface area (TPSA) is 57.7 Å². The molecule has 4 rings (SSSR count). The molecule has 1 fully saturated rings. The number of aromatic nitrogens is 1. The molecule has 0 aliphatic carbocycles. The van der Waals surface area contributed by atoms with Crippen molar-refractivity contribution in [3.63, 3.8) is 0 Å². The number of hydrogen-bond acceptors (Lipinski definition) is 4. The molecule has 0 saturated carbocycles. The molecule has 27 heavy (non-hydrogen) atoms. The first kappa shape index (κ1) is 17.6. The van der Waals surface area contributed by atoms with Gasteiger partial charge in [-0.2, -0.15) is 0 Å². The quantitative estimate of drug-likeness (QED) is 0.536. The molecule has 2 aromatic carbocycles. The normalized spacial score (nSPS) is 15.6. The molecule has 138 valence electrons. The first-order chi connectivity index (χ1) is 13.3. The molecule has 1 aliphatic rings. The summed E-state index contributed by atoms with van der Waals surface area (Å²) in [5.41, 5.74) is 3.73. The van der Waals surface area contributed by atoms with Crippen LogP contribution in [0.5, 0.6) is 0 Å². The first-order valence-corrected chi connectivity index (χ1v) is 9.33. The number of para-hydroxylation sites is 1. The fourth-order valence-electron chi connectivity index (χ4n) is 3.31. The maximum Gasteiger partial charge on any atom is 0.164 e. The Hall–Kier alpha value is -2.76. The number of nitrogens with zero attached hydrogens (tertiary/aromatic N) is 2. The van der Waals surface area contributed by atoms with Gasteiger partial charge in [0.1, 0.15) is 0 Å². The number of aromatic amines is 1. The average molecular weight is 361 g/mol. The van der Waals surface area contributed by atoms with Crippen LogP contribution in [0.25, 0.3) is 10.9 Å². The van der Waals surface area contributed by atoms with Crippen molar-refractivity contribution in [3.8, 4) is 0 Å². The fourth-order valence-corrected chi connectivity index (χ4v) is 3.31. The second-order valence-corrected chi connectivity index (χ2v) is 6.72. The van der Waals surface area contributed by atoms with Gasteiger partial charge >= 0.3 is 0 Å². The lowest BCUT2D eigenvalue weighted by atomic mass is 10.1. The zero-order valence-corrected chi connectivity index (χ0v) is 15.2. The van der Waals surface area contributed by atoms with Crippen molar-refractivity contribution in [2.75, 3.05) is 32.8 Å². The van der Waals surface area contributed by atoms with Crippen LogP contribution in [-0.4, -0.2) is 54.7 Å². The van der Waals surface area contributed by atoms with Crippen LogP contribution < -0.4 is 0 Å². The Morgan fingerprint density at radius 1 is 1.11 bits per heavy atom. The molecule has 0 amide bonds. The maximum atomic E-state index is 12.4. The van der Waals surface area contributed by atoms with Gasteiger partial charge in [0.2, 0.25) is 0 Å². The summed E-state index contributed by atoms with van der Waals surface area (Å²) < 4.78 is 5.34. The number of hydrogen-bond donors (Lipinski definition) is 1. The Kier molecular flexibility index (Phi) is 5.42.